The third kappa shape index (κ3) is 2.51. The van der Waals surface area contributed by atoms with Crippen molar-refractivity contribution in [2.24, 2.45) is 5.92 Å². The standard InChI is InChI=1S/C18H23NO3/c1-2-19(11-9-16(20)21)17(22)15-12-18(15)10-5-7-13-6-3-4-8-14(13)18/h3-4,6,8,15H,2,5,7,9-12H2,1H3,(H,20,21). The summed E-state index contributed by atoms with van der Waals surface area (Å²) in [4.78, 5) is 25.2. The highest BCUT2D eigenvalue weighted by atomic mass is 16.4. The number of rotatable bonds is 5. The van der Waals surface area contributed by atoms with Crippen molar-refractivity contribution in [3.63, 3.8) is 0 Å². The zero-order chi connectivity index (χ0) is 15.7. The number of fused-ring (bicyclic) bond motifs is 2. The van der Waals surface area contributed by atoms with Crippen molar-refractivity contribution >= 4 is 11.9 Å². The maximum absolute atomic E-state index is 12.8. The summed E-state index contributed by atoms with van der Waals surface area (Å²) in [5.41, 5.74) is 2.77. The lowest BCUT2D eigenvalue weighted by Gasteiger charge is -2.28. The Morgan fingerprint density at radius 2 is 2.14 bits per heavy atom. The van der Waals surface area contributed by atoms with Crippen LogP contribution in [0, 0.1) is 5.92 Å². The Morgan fingerprint density at radius 3 is 2.86 bits per heavy atom. The molecule has 2 unspecified atom stereocenters. The maximum atomic E-state index is 12.8. The summed E-state index contributed by atoms with van der Waals surface area (Å²) in [5.74, 6) is -0.664. The molecule has 1 saturated carbocycles. The van der Waals surface area contributed by atoms with Crippen molar-refractivity contribution in [3.8, 4) is 0 Å². The number of carbonyl (C=O) groups is 2. The topological polar surface area (TPSA) is 57.6 Å². The lowest BCUT2D eigenvalue weighted by Crippen LogP contribution is -2.36. The van der Waals surface area contributed by atoms with Crippen molar-refractivity contribution in [1.82, 2.24) is 4.90 Å². The van der Waals surface area contributed by atoms with Gasteiger partial charge in [0.05, 0.1) is 6.42 Å². The van der Waals surface area contributed by atoms with E-state index >= 15 is 0 Å². The maximum Gasteiger partial charge on any atom is 0.305 e. The number of amides is 1. The first-order valence-corrected chi connectivity index (χ1v) is 8.17. The van der Waals surface area contributed by atoms with Crippen LogP contribution in [0.2, 0.25) is 0 Å². The average Bonchev–Trinajstić information content (AvgIpc) is 3.23. The fourth-order valence-electron chi connectivity index (χ4n) is 4.03. The molecule has 0 heterocycles. The van der Waals surface area contributed by atoms with Gasteiger partial charge in [-0.3, -0.25) is 9.59 Å². The van der Waals surface area contributed by atoms with E-state index in [2.05, 4.69) is 24.3 Å². The number of benzene rings is 1. The van der Waals surface area contributed by atoms with Crippen LogP contribution in [0.5, 0.6) is 0 Å². The lowest BCUT2D eigenvalue weighted by atomic mass is 9.78. The molecule has 2 aliphatic rings. The number of carboxylic acid groups (broad SMARTS) is 1. The Hall–Kier alpha value is -1.84. The monoisotopic (exact) mass is 301 g/mol. The van der Waals surface area contributed by atoms with Crippen LogP contribution in [0.4, 0.5) is 0 Å². The Kier molecular flexibility index (Phi) is 3.94. The van der Waals surface area contributed by atoms with Gasteiger partial charge >= 0.3 is 5.97 Å². The number of carboxylic acids is 1. The SMILES string of the molecule is CCN(CCC(=O)O)C(=O)C1CC12CCCc1ccccc12. The second-order valence-electron chi connectivity index (χ2n) is 6.49. The molecular formula is C18H23NO3. The van der Waals surface area contributed by atoms with Gasteiger partial charge in [-0.1, -0.05) is 24.3 Å². The Bertz CT molecular complexity index is 598. The van der Waals surface area contributed by atoms with E-state index in [1.807, 2.05) is 6.92 Å². The Morgan fingerprint density at radius 1 is 1.36 bits per heavy atom. The van der Waals surface area contributed by atoms with Crippen LogP contribution in [0.15, 0.2) is 24.3 Å². The number of carbonyl (C=O) groups excluding carboxylic acids is 1. The zero-order valence-electron chi connectivity index (χ0n) is 13.0. The first-order valence-electron chi connectivity index (χ1n) is 8.17. The minimum Gasteiger partial charge on any atom is -0.481 e. The van der Waals surface area contributed by atoms with Gasteiger partial charge < -0.3 is 10.0 Å². The summed E-state index contributed by atoms with van der Waals surface area (Å²) in [6.45, 7) is 2.82. The smallest absolute Gasteiger partial charge is 0.305 e. The molecule has 1 amide bonds. The van der Waals surface area contributed by atoms with E-state index in [0.717, 1.165) is 25.7 Å². The zero-order valence-corrected chi connectivity index (χ0v) is 13.0. The van der Waals surface area contributed by atoms with E-state index in [4.69, 9.17) is 5.11 Å². The van der Waals surface area contributed by atoms with Crippen molar-refractivity contribution < 1.29 is 14.7 Å². The van der Waals surface area contributed by atoms with E-state index in [-0.39, 0.29) is 23.7 Å². The molecule has 1 N–H and O–H groups in total. The van der Waals surface area contributed by atoms with E-state index < -0.39 is 5.97 Å². The molecule has 22 heavy (non-hydrogen) atoms. The molecule has 4 nitrogen and oxygen atoms in total. The molecule has 4 heteroatoms. The molecule has 1 aromatic carbocycles. The predicted octanol–water partition coefficient (Wildman–Crippen LogP) is 2.60. The van der Waals surface area contributed by atoms with Gasteiger partial charge in [0.25, 0.3) is 0 Å². The summed E-state index contributed by atoms with van der Waals surface area (Å²) >= 11 is 0. The summed E-state index contributed by atoms with van der Waals surface area (Å²) < 4.78 is 0. The van der Waals surface area contributed by atoms with Gasteiger partial charge in [0.2, 0.25) is 5.91 Å². The molecule has 118 valence electrons. The Balaban J connectivity index is 1.76. The van der Waals surface area contributed by atoms with Crippen LogP contribution < -0.4 is 0 Å². The van der Waals surface area contributed by atoms with Gasteiger partial charge in [-0.15, -0.1) is 0 Å². The largest absolute Gasteiger partial charge is 0.481 e. The van der Waals surface area contributed by atoms with Crippen molar-refractivity contribution in [2.45, 2.75) is 44.4 Å². The van der Waals surface area contributed by atoms with Crippen LogP contribution in [0.3, 0.4) is 0 Å². The van der Waals surface area contributed by atoms with E-state index in [0.29, 0.717) is 13.1 Å². The molecule has 0 aliphatic heterocycles. The summed E-state index contributed by atoms with van der Waals surface area (Å²) in [7, 11) is 0. The molecule has 1 aromatic rings. The number of hydrogen-bond donors (Lipinski definition) is 1. The molecule has 0 radical (unpaired) electrons. The summed E-state index contributed by atoms with van der Waals surface area (Å²) in [6, 6.07) is 8.49. The fraction of sp³-hybridized carbons (Fsp3) is 0.556. The minimum atomic E-state index is -0.847. The second kappa shape index (κ2) is 5.75. The normalized spacial score (nSPS) is 25.6. The Labute approximate surface area is 131 Å². The van der Waals surface area contributed by atoms with Gasteiger partial charge in [-0.05, 0) is 43.7 Å². The van der Waals surface area contributed by atoms with E-state index in [1.54, 1.807) is 4.90 Å². The van der Waals surface area contributed by atoms with E-state index in [1.165, 1.54) is 11.1 Å². The highest BCUT2D eigenvalue weighted by molar-refractivity contribution is 5.85. The third-order valence-corrected chi connectivity index (χ3v) is 5.29. The highest BCUT2D eigenvalue weighted by Crippen LogP contribution is 2.60. The predicted molar refractivity (Wildman–Crippen MR) is 83.7 cm³/mol. The third-order valence-electron chi connectivity index (χ3n) is 5.29. The molecule has 0 saturated heterocycles. The first kappa shape index (κ1) is 15.1. The van der Waals surface area contributed by atoms with Gasteiger partial charge in [-0.25, -0.2) is 0 Å². The van der Waals surface area contributed by atoms with Crippen LogP contribution in [-0.4, -0.2) is 35.0 Å². The first-order chi connectivity index (χ1) is 10.6. The van der Waals surface area contributed by atoms with Crippen molar-refractivity contribution in [1.29, 1.82) is 0 Å². The summed E-state index contributed by atoms with van der Waals surface area (Å²) in [6.07, 6.45) is 4.27. The van der Waals surface area contributed by atoms with Crippen LogP contribution in [0.1, 0.15) is 43.7 Å². The van der Waals surface area contributed by atoms with Gasteiger partial charge in [-0.2, -0.15) is 0 Å². The molecule has 2 atom stereocenters. The summed E-state index contributed by atoms with van der Waals surface area (Å²) in [5, 5.41) is 8.83. The molecule has 2 aliphatic carbocycles. The number of nitrogens with zero attached hydrogens (tertiary/aromatic N) is 1. The molecular weight excluding hydrogens is 278 g/mol. The van der Waals surface area contributed by atoms with E-state index in [9.17, 15) is 9.59 Å². The number of aryl methyl sites for hydroxylation is 1. The molecule has 0 aromatic heterocycles. The molecule has 1 fully saturated rings. The van der Waals surface area contributed by atoms with Crippen LogP contribution in [0.25, 0.3) is 0 Å². The second-order valence-corrected chi connectivity index (χ2v) is 6.49. The quantitative estimate of drug-likeness (QED) is 0.909. The lowest BCUT2D eigenvalue weighted by molar-refractivity contribution is -0.138. The van der Waals surface area contributed by atoms with Crippen LogP contribution >= 0.6 is 0 Å². The highest BCUT2D eigenvalue weighted by Gasteiger charge is 2.60. The molecule has 0 bridgehead atoms. The molecule has 1 spiro atoms. The fourth-order valence-corrected chi connectivity index (χ4v) is 4.03. The number of hydrogen-bond acceptors (Lipinski definition) is 2. The van der Waals surface area contributed by atoms with Crippen LogP contribution in [-0.2, 0) is 21.4 Å². The number of aliphatic carboxylic acids is 1. The van der Waals surface area contributed by atoms with Crippen molar-refractivity contribution in [3.05, 3.63) is 35.4 Å². The van der Waals surface area contributed by atoms with Crippen molar-refractivity contribution in [2.75, 3.05) is 13.1 Å². The minimum absolute atomic E-state index is 0.0237. The van der Waals surface area contributed by atoms with Gasteiger partial charge in [0.1, 0.15) is 0 Å². The molecule has 3 rings (SSSR count). The average molecular weight is 301 g/mol. The van der Waals surface area contributed by atoms with Gasteiger partial charge in [0.15, 0.2) is 0 Å². The van der Waals surface area contributed by atoms with Gasteiger partial charge in [0, 0.05) is 24.4 Å².